The third-order valence-corrected chi connectivity index (χ3v) is 2.78. The number of amides is 1. The van der Waals surface area contributed by atoms with E-state index >= 15 is 0 Å². The molecule has 1 amide bonds. The van der Waals surface area contributed by atoms with Gasteiger partial charge >= 0.3 is 0 Å². The van der Waals surface area contributed by atoms with Crippen molar-refractivity contribution in [3.63, 3.8) is 0 Å². The van der Waals surface area contributed by atoms with Crippen molar-refractivity contribution in [1.82, 2.24) is 19.9 Å². The number of nitrogens with zero attached hydrogens (tertiary/aromatic N) is 4. The van der Waals surface area contributed by atoms with Gasteiger partial charge in [-0.05, 0) is 11.6 Å². The van der Waals surface area contributed by atoms with Gasteiger partial charge in [0.25, 0.3) is 0 Å². The Morgan fingerprint density at radius 1 is 1.37 bits per heavy atom. The van der Waals surface area contributed by atoms with Crippen molar-refractivity contribution >= 4 is 29.4 Å². The molecule has 0 bridgehead atoms. The van der Waals surface area contributed by atoms with E-state index in [1.807, 2.05) is 0 Å². The lowest BCUT2D eigenvalue weighted by Gasteiger charge is -2.26. The minimum atomic E-state index is 0.0227. The van der Waals surface area contributed by atoms with Crippen LogP contribution in [0.25, 0.3) is 0 Å². The van der Waals surface area contributed by atoms with Crippen molar-refractivity contribution in [2.45, 2.75) is 6.42 Å². The Morgan fingerprint density at radius 3 is 2.79 bits per heavy atom. The number of halogens is 1. The second-order valence-electron chi connectivity index (χ2n) is 3.96. The molecule has 0 aliphatic carbocycles. The first-order valence-corrected chi connectivity index (χ1v) is 6.29. The number of anilines is 2. The standard InChI is InChI=1S/C10H15ClN6O2/c11-8-14-9(12)16-10(15-8)13-2-1-7(18)17-3-5-19-6-4-17/h1-6H2,(H3,12,13,14,15,16). The Bertz CT molecular complexity index is 431. The molecule has 1 saturated heterocycles. The Labute approximate surface area is 115 Å². The molecular formula is C10H15ClN6O2. The summed E-state index contributed by atoms with van der Waals surface area (Å²) in [6.45, 7) is 2.89. The molecule has 8 nitrogen and oxygen atoms in total. The smallest absolute Gasteiger partial charge is 0.228 e. The molecule has 0 aromatic carbocycles. The molecule has 1 aromatic rings. The van der Waals surface area contributed by atoms with Crippen LogP contribution in [0.1, 0.15) is 6.42 Å². The van der Waals surface area contributed by atoms with Crippen molar-refractivity contribution in [2.75, 3.05) is 43.9 Å². The third-order valence-electron chi connectivity index (χ3n) is 2.61. The highest BCUT2D eigenvalue weighted by Crippen LogP contribution is 2.07. The summed E-state index contributed by atoms with van der Waals surface area (Å²) in [5.41, 5.74) is 5.43. The minimum Gasteiger partial charge on any atom is -0.378 e. The van der Waals surface area contributed by atoms with Crippen LogP contribution in [0.5, 0.6) is 0 Å². The predicted octanol–water partition coefficient (Wildman–Crippen LogP) is -0.232. The van der Waals surface area contributed by atoms with Gasteiger partial charge in [-0.15, -0.1) is 0 Å². The van der Waals surface area contributed by atoms with Crippen molar-refractivity contribution in [1.29, 1.82) is 0 Å². The number of aromatic nitrogens is 3. The summed E-state index contributed by atoms with van der Waals surface area (Å²) < 4.78 is 5.18. The number of carbonyl (C=O) groups is 1. The first kappa shape index (κ1) is 13.8. The first-order chi connectivity index (χ1) is 9.15. The van der Waals surface area contributed by atoms with E-state index in [4.69, 9.17) is 22.1 Å². The number of nitrogens with two attached hydrogens (primary N) is 1. The molecular weight excluding hydrogens is 272 g/mol. The quantitative estimate of drug-likeness (QED) is 0.787. The fourth-order valence-corrected chi connectivity index (χ4v) is 1.86. The van der Waals surface area contributed by atoms with Gasteiger partial charge in [0.05, 0.1) is 13.2 Å². The Morgan fingerprint density at radius 2 is 2.11 bits per heavy atom. The summed E-state index contributed by atoms with van der Waals surface area (Å²) in [4.78, 5) is 25.0. The second kappa shape index (κ2) is 6.48. The van der Waals surface area contributed by atoms with E-state index in [2.05, 4.69) is 20.3 Å². The van der Waals surface area contributed by atoms with Crippen molar-refractivity contribution < 1.29 is 9.53 Å². The molecule has 0 spiro atoms. The number of hydrogen-bond acceptors (Lipinski definition) is 7. The molecule has 0 radical (unpaired) electrons. The molecule has 1 aromatic heterocycles. The molecule has 19 heavy (non-hydrogen) atoms. The van der Waals surface area contributed by atoms with E-state index in [0.717, 1.165) is 0 Å². The summed E-state index contributed by atoms with van der Waals surface area (Å²) in [5, 5.41) is 2.91. The summed E-state index contributed by atoms with van der Waals surface area (Å²) >= 11 is 5.64. The van der Waals surface area contributed by atoms with Gasteiger partial charge in [0, 0.05) is 26.1 Å². The minimum absolute atomic E-state index is 0.0227. The zero-order valence-electron chi connectivity index (χ0n) is 10.3. The van der Waals surface area contributed by atoms with Gasteiger partial charge in [0.15, 0.2) is 0 Å². The Hall–Kier alpha value is -1.67. The van der Waals surface area contributed by atoms with Crippen molar-refractivity contribution in [3.05, 3.63) is 5.28 Å². The average Bonchev–Trinajstić information content (AvgIpc) is 2.38. The summed E-state index contributed by atoms with van der Waals surface area (Å²) in [5.74, 6) is 0.387. The Balaban J connectivity index is 1.77. The monoisotopic (exact) mass is 286 g/mol. The van der Waals surface area contributed by atoms with Gasteiger partial charge in [-0.3, -0.25) is 4.79 Å². The van der Waals surface area contributed by atoms with Crippen LogP contribution < -0.4 is 11.1 Å². The van der Waals surface area contributed by atoms with E-state index in [0.29, 0.717) is 39.3 Å². The molecule has 0 atom stereocenters. The number of ether oxygens (including phenoxy) is 1. The maximum atomic E-state index is 11.8. The lowest BCUT2D eigenvalue weighted by molar-refractivity contribution is -0.134. The van der Waals surface area contributed by atoms with Crippen LogP contribution in [-0.4, -0.2) is 58.6 Å². The van der Waals surface area contributed by atoms with Crippen LogP contribution in [0.4, 0.5) is 11.9 Å². The highest BCUT2D eigenvalue weighted by Gasteiger charge is 2.16. The van der Waals surface area contributed by atoms with Crippen LogP contribution in [0.3, 0.4) is 0 Å². The molecule has 0 unspecified atom stereocenters. The third kappa shape index (κ3) is 4.18. The lowest BCUT2D eigenvalue weighted by Crippen LogP contribution is -2.41. The van der Waals surface area contributed by atoms with E-state index in [9.17, 15) is 4.79 Å². The number of hydrogen-bond donors (Lipinski definition) is 2. The fourth-order valence-electron chi connectivity index (χ4n) is 1.70. The van der Waals surface area contributed by atoms with Gasteiger partial charge in [-0.2, -0.15) is 15.0 Å². The van der Waals surface area contributed by atoms with E-state index in [1.165, 1.54) is 0 Å². The highest BCUT2D eigenvalue weighted by molar-refractivity contribution is 6.28. The largest absolute Gasteiger partial charge is 0.378 e. The van der Waals surface area contributed by atoms with Gasteiger partial charge < -0.3 is 20.7 Å². The van der Waals surface area contributed by atoms with Gasteiger partial charge in [0.1, 0.15) is 0 Å². The fraction of sp³-hybridized carbons (Fsp3) is 0.600. The molecule has 1 aliphatic heterocycles. The first-order valence-electron chi connectivity index (χ1n) is 5.91. The van der Waals surface area contributed by atoms with Crippen LogP contribution in [0.15, 0.2) is 0 Å². The van der Waals surface area contributed by atoms with E-state index in [1.54, 1.807) is 4.90 Å². The normalized spacial score (nSPS) is 15.3. The number of nitrogens with one attached hydrogen (secondary N) is 1. The second-order valence-corrected chi connectivity index (χ2v) is 4.29. The number of nitrogen functional groups attached to an aromatic ring is 1. The van der Waals surface area contributed by atoms with Gasteiger partial charge in [-0.25, -0.2) is 0 Å². The maximum Gasteiger partial charge on any atom is 0.228 e. The molecule has 104 valence electrons. The van der Waals surface area contributed by atoms with Gasteiger partial charge in [0.2, 0.25) is 23.1 Å². The average molecular weight is 287 g/mol. The topological polar surface area (TPSA) is 106 Å². The zero-order chi connectivity index (χ0) is 13.7. The summed E-state index contributed by atoms with van der Waals surface area (Å²) in [6.07, 6.45) is 0.350. The summed E-state index contributed by atoms with van der Waals surface area (Å²) in [7, 11) is 0. The molecule has 9 heteroatoms. The van der Waals surface area contributed by atoms with Crippen LogP contribution in [0, 0.1) is 0 Å². The van der Waals surface area contributed by atoms with Crippen molar-refractivity contribution in [3.8, 4) is 0 Å². The lowest BCUT2D eigenvalue weighted by atomic mass is 10.3. The highest BCUT2D eigenvalue weighted by atomic mass is 35.5. The molecule has 1 aliphatic rings. The number of rotatable bonds is 4. The zero-order valence-corrected chi connectivity index (χ0v) is 11.1. The predicted molar refractivity (Wildman–Crippen MR) is 69.8 cm³/mol. The molecule has 3 N–H and O–H groups in total. The van der Waals surface area contributed by atoms with Crippen LogP contribution in [0.2, 0.25) is 5.28 Å². The van der Waals surface area contributed by atoms with E-state index in [-0.39, 0.29) is 23.1 Å². The van der Waals surface area contributed by atoms with Crippen LogP contribution >= 0.6 is 11.6 Å². The SMILES string of the molecule is Nc1nc(Cl)nc(NCCC(=O)N2CCOCC2)n1. The number of morpholine rings is 1. The maximum absolute atomic E-state index is 11.8. The van der Waals surface area contributed by atoms with E-state index < -0.39 is 0 Å². The van der Waals surface area contributed by atoms with Gasteiger partial charge in [-0.1, -0.05) is 0 Å². The Kier molecular flexibility index (Phi) is 4.69. The molecule has 2 heterocycles. The molecule has 0 saturated carbocycles. The van der Waals surface area contributed by atoms with Crippen molar-refractivity contribution in [2.24, 2.45) is 0 Å². The molecule has 2 rings (SSSR count). The van der Waals surface area contributed by atoms with Crippen LogP contribution in [-0.2, 0) is 9.53 Å². The molecule has 1 fully saturated rings. The number of carbonyl (C=O) groups excluding carboxylic acids is 1. The summed E-state index contributed by atoms with van der Waals surface area (Å²) in [6, 6.07) is 0.